The van der Waals surface area contributed by atoms with E-state index in [1.807, 2.05) is 23.5 Å². The average Bonchev–Trinajstić information content (AvgIpc) is 2.55. The van der Waals surface area contributed by atoms with Crippen molar-refractivity contribution < 1.29 is 5.11 Å². The summed E-state index contributed by atoms with van der Waals surface area (Å²) < 4.78 is 0.491. The minimum absolute atomic E-state index is 0.300. The van der Waals surface area contributed by atoms with Gasteiger partial charge in [-0.25, -0.2) is 0 Å². The van der Waals surface area contributed by atoms with Crippen molar-refractivity contribution in [3.8, 4) is 0 Å². The van der Waals surface area contributed by atoms with Gasteiger partial charge in [-0.3, -0.25) is 0 Å². The van der Waals surface area contributed by atoms with E-state index in [1.165, 1.54) is 24.3 Å². The highest BCUT2D eigenvalue weighted by atomic mass is 32.2. The van der Waals surface area contributed by atoms with E-state index in [0.29, 0.717) is 4.58 Å². The summed E-state index contributed by atoms with van der Waals surface area (Å²) in [5, 5.41) is 10.1. The maximum absolute atomic E-state index is 10.1. The van der Waals surface area contributed by atoms with E-state index in [0.717, 1.165) is 12.8 Å². The zero-order chi connectivity index (χ0) is 7.73. The zero-order valence-corrected chi connectivity index (χ0v) is 8.22. The van der Waals surface area contributed by atoms with E-state index >= 15 is 0 Å². The maximum atomic E-state index is 10.1. The SMILES string of the molecule is OC1(C2SCCS2)CCCC1. The van der Waals surface area contributed by atoms with Crippen molar-refractivity contribution in [1.82, 2.24) is 0 Å². The Morgan fingerprint density at radius 1 is 1.09 bits per heavy atom. The molecule has 0 spiro atoms. The lowest BCUT2D eigenvalue weighted by Gasteiger charge is -2.27. The van der Waals surface area contributed by atoms with Gasteiger partial charge in [0, 0.05) is 11.5 Å². The lowest BCUT2D eigenvalue weighted by Crippen LogP contribution is -2.33. The zero-order valence-electron chi connectivity index (χ0n) is 6.58. The van der Waals surface area contributed by atoms with Crippen molar-refractivity contribution >= 4 is 23.5 Å². The van der Waals surface area contributed by atoms with E-state index < -0.39 is 0 Å². The van der Waals surface area contributed by atoms with Crippen LogP contribution in [-0.2, 0) is 0 Å². The number of hydrogen-bond donors (Lipinski definition) is 1. The number of hydrogen-bond acceptors (Lipinski definition) is 3. The first kappa shape index (κ1) is 8.27. The van der Waals surface area contributed by atoms with Gasteiger partial charge in [-0.15, -0.1) is 23.5 Å². The second-order valence-corrected chi connectivity index (χ2v) is 6.11. The number of rotatable bonds is 1. The summed E-state index contributed by atoms with van der Waals surface area (Å²) in [5.74, 6) is 2.47. The number of aliphatic hydroxyl groups is 1. The second kappa shape index (κ2) is 3.19. The van der Waals surface area contributed by atoms with Gasteiger partial charge < -0.3 is 5.11 Å². The first-order valence-electron chi connectivity index (χ1n) is 4.27. The predicted molar refractivity (Wildman–Crippen MR) is 52.1 cm³/mol. The van der Waals surface area contributed by atoms with Gasteiger partial charge in [0.2, 0.25) is 0 Å². The summed E-state index contributed by atoms with van der Waals surface area (Å²) in [6, 6.07) is 0. The van der Waals surface area contributed by atoms with Crippen LogP contribution in [0.3, 0.4) is 0 Å². The molecule has 2 aliphatic rings. The van der Waals surface area contributed by atoms with Crippen LogP contribution in [0.5, 0.6) is 0 Å². The van der Waals surface area contributed by atoms with Gasteiger partial charge in [0.1, 0.15) is 0 Å². The lowest BCUT2D eigenvalue weighted by atomic mass is 10.1. The molecule has 0 aromatic heterocycles. The highest BCUT2D eigenvalue weighted by Gasteiger charge is 2.41. The smallest absolute Gasteiger partial charge is 0.0856 e. The van der Waals surface area contributed by atoms with Gasteiger partial charge >= 0.3 is 0 Å². The van der Waals surface area contributed by atoms with Crippen molar-refractivity contribution in [2.45, 2.75) is 35.9 Å². The highest BCUT2D eigenvalue weighted by Crippen LogP contribution is 2.46. The summed E-state index contributed by atoms with van der Waals surface area (Å²) in [4.78, 5) is 0. The van der Waals surface area contributed by atoms with Crippen molar-refractivity contribution in [3.05, 3.63) is 0 Å². The molecule has 1 N–H and O–H groups in total. The minimum Gasteiger partial charge on any atom is -0.388 e. The summed E-state index contributed by atoms with van der Waals surface area (Å²) in [5.41, 5.74) is -0.300. The third-order valence-corrected chi connectivity index (χ3v) is 5.97. The first-order chi connectivity index (χ1) is 5.31. The van der Waals surface area contributed by atoms with Crippen LogP contribution in [0.2, 0.25) is 0 Å². The van der Waals surface area contributed by atoms with Crippen LogP contribution < -0.4 is 0 Å². The Kier molecular flexibility index (Phi) is 2.40. The molecule has 1 saturated carbocycles. The van der Waals surface area contributed by atoms with Gasteiger partial charge in [-0.05, 0) is 12.8 Å². The first-order valence-corrected chi connectivity index (χ1v) is 6.37. The van der Waals surface area contributed by atoms with Gasteiger partial charge in [0.25, 0.3) is 0 Å². The molecule has 64 valence electrons. The predicted octanol–water partition coefficient (Wildman–Crippen LogP) is 2.10. The molecule has 0 atom stereocenters. The van der Waals surface area contributed by atoms with E-state index in [4.69, 9.17) is 0 Å². The summed E-state index contributed by atoms with van der Waals surface area (Å²) in [6.45, 7) is 0. The molecule has 1 nitrogen and oxygen atoms in total. The molecular weight excluding hydrogens is 176 g/mol. The normalized spacial score (nSPS) is 31.4. The third-order valence-electron chi connectivity index (χ3n) is 2.53. The third kappa shape index (κ3) is 1.56. The van der Waals surface area contributed by atoms with Crippen LogP contribution in [0.25, 0.3) is 0 Å². The Hall–Kier alpha value is 0.660. The Morgan fingerprint density at radius 2 is 1.64 bits per heavy atom. The molecule has 0 unspecified atom stereocenters. The molecule has 1 heterocycles. The van der Waals surface area contributed by atoms with Gasteiger partial charge in [-0.2, -0.15) is 0 Å². The molecule has 0 bridgehead atoms. The molecule has 1 aliphatic carbocycles. The largest absolute Gasteiger partial charge is 0.388 e. The summed E-state index contributed by atoms with van der Waals surface area (Å²) in [7, 11) is 0. The van der Waals surface area contributed by atoms with Crippen LogP contribution in [0.4, 0.5) is 0 Å². The molecule has 11 heavy (non-hydrogen) atoms. The molecule has 2 rings (SSSR count). The Labute approximate surface area is 76.3 Å². The quantitative estimate of drug-likeness (QED) is 0.684. The Bertz CT molecular complexity index is 137. The fraction of sp³-hybridized carbons (Fsp3) is 1.00. The topological polar surface area (TPSA) is 20.2 Å². The lowest BCUT2D eigenvalue weighted by molar-refractivity contribution is 0.0657. The number of thioether (sulfide) groups is 2. The van der Waals surface area contributed by atoms with Gasteiger partial charge in [0.15, 0.2) is 0 Å². The summed E-state index contributed by atoms with van der Waals surface area (Å²) >= 11 is 3.90. The van der Waals surface area contributed by atoms with Crippen molar-refractivity contribution in [2.24, 2.45) is 0 Å². The van der Waals surface area contributed by atoms with Gasteiger partial charge in [0.05, 0.1) is 10.2 Å². The molecular formula is C8H14OS2. The Balaban J connectivity index is 2.00. The Morgan fingerprint density at radius 3 is 2.18 bits per heavy atom. The monoisotopic (exact) mass is 190 g/mol. The van der Waals surface area contributed by atoms with E-state index in [1.54, 1.807) is 0 Å². The van der Waals surface area contributed by atoms with Crippen LogP contribution in [-0.4, -0.2) is 26.8 Å². The highest BCUT2D eigenvalue weighted by molar-refractivity contribution is 8.20. The van der Waals surface area contributed by atoms with Crippen LogP contribution in [0.15, 0.2) is 0 Å². The van der Waals surface area contributed by atoms with Crippen molar-refractivity contribution in [1.29, 1.82) is 0 Å². The molecule has 0 amide bonds. The summed E-state index contributed by atoms with van der Waals surface area (Å²) in [6.07, 6.45) is 4.54. The standard InChI is InChI=1S/C8H14OS2/c9-8(3-1-2-4-8)7-10-5-6-11-7/h7,9H,1-6H2. The van der Waals surface area contributed by atoms with Crippen LogP contribution in [0, 0.1) is 0 Å². The van der Waals surface area contributed by atoms with Gasteiger partial charge in [-0.1, -0.05) is 12.8 Å². The van der Waals surface area contributed by atoms with E-state index in [9.17, 15) is 5.11 Å². The average molecular weight is 190 g/mol. The second-order valence-electron chi connectivity index (χ2n) is 3.38. The van der Waals surface area contributed by atoms with Crippen molar-refractivity contribution in [2.75, 3.05) is 11.5 Å². The maximum Gasteiger partial charge on any atom is 0.0856 e. The molecule has 0 aromatic carbocycles. The molecule has 0 aromatic rings. The fourth-order valence-corrected chi connectivity index (χ4v) is 5.14. The van der Waals surface area contributed by atoms with E-state index in [-0.39, 0.29) is 5.60 Å². The van der Waals surface area contributed by atoms with Crippen molar-refractivity contribution in [3.63, 3.8) is 0 Å². The molecule has 0 radical (unpaired) electrons. The molecule has 1 aliphatic heterocycles. The van der Waals surface area contributed by atoms with Crippen LogP contribution >= 0.6 is 23.5 Å². The molecule has 2 fully saturated rings. The molecule has 3 heteroatoms. The van der Waals surface area contributed by atoms with Crippen LogP contribution in [0.1, 0.15) is 25.7 Å². The fourth-order valence-electron chi connectivity index (χ4n) is 1.89. The minimum atomic E-state index is -0.300. The molecule has 1 saturated heterocycles. The van der Waals surface area contributed by atoms with E-state index in [2.05, 4.69) is 0 Å².